The van der Waals surface area contributed by atoms with Crippen molar-refractivity contribution in [2.45, 2.75) is 26.7 Å². The third kappa shape index (κ3) is 3.98. The molecule has 1 N–H and O–H groups in total. The van der Waals surface area contributed by atoms with Gasteiger partial charge in [-0.05, 0) is 44.8 Å². The average Bonchev–Trinajstić information content (AvgIpc) is 2.82. The smallest absolute Gasteiger partial charge is 0.289 e. The number of likely N-dealkylation sites (tertiary alicyclic amines) is 1. The van der Waals surface area contributed by atoms with E-state index in [4.69, 9.17) is 4.42 Å². The molecular weight excluding hydrogens is 264 g/mol. The van der Waals surface area contributed by atoms with E-state index in [9.17, 15) is 4.79 Å². The monoisotopic (exact) mass is 286 g/mol. The lowest BCUT2D eigenvalue weighted by Gasteiger charge is -2.31. The second kappa shape index (κ2) is 7.56. The number of nitrogens with zero attached hydrogens (tertiary/aromatic N) is 1. The highest BCUT2D eigenvalue weighted by molar-refractivity contribution is 5.92. The standard InChI is InChI=1S/C14H22N2O2.ClH/c1-3-15-10-12-4-7-16(8-5-12)14(17)13-11(2)6-9-18-13;/h6,9,12,15H,3-5,7-8,10H2,1-2H3;1H. The van der Waals surface area contributed by atoms with E-state index in [1.807, 2.05) is 17.9 Å². The van der Waals surface area contributed by atoms with E-state index in [-0.39, 0.29) is 18.3 Å². The van der Waals surface area contributed by atoms with Crippen LogP contribution < -0.4 is 5.32 Å². The highest BCUT2D eigenvalue weighted by Gasteiger charge is 2.25. The van der Waals surface area contributed by atoms with Crippen molar-refractivity contribution >= 4 is 18.3 Å². The molecule has 0 aliphatic carbocycles. The zero-order valence-corrected chi connectivity index (χ0v) is 12.5. The Hall–Kier alpha value is -1.00. The highest BCUT2D eigenvalue weighted by Crippen LogP contribution is 2.20. The number of carbonyl (C=O) groups is 1. The topological polar surface area (TPSA) is 45.5 Å². The maximum Gasteiger partial charge on any atom is 0.289 e. The van der Waals surface area contributed by atoms with Crippen LogP contribution in [0.15, 0.2) is 16.7 Å². The van der Waals surface area contributed by atoms with Gasteiger partial charge in [-0.2, -0.15) is 0 Å². The van der Waals surface area contributed by atoms with Crippen molar-refractivity contribution in [1.82, 2.24) is 10.2 Å². The van der Waals surface area contributed by atoms with Crippen molar-refractivity contribution in [3.8, 4) is 0 Å². The predicted molar refractivity (Wildman–Crippen MR) is 77.9 cm³/mol. The molecule has 1 aliphatic heterocycles. The molecule has 0 aromatic carbocycles. The fraction of sp³-hybridized carbons (Fsp3) is 0.643. The Morgan fingerprint density at radius 2 is 2.16 bits per heavy atom. The lowest BCUT2D eigenvalue weighted by Crippen LogP contribution is -2.40. The van der Waals surface area contributed by atoms with Crippen LogP contribution in [0.2, 0.25) is 0 Å². The van der Waals surface area contributed by atoms with Crippen LogP contribution in [0.5, 0.6) is 0 Å². The zero-order valence-electron chi connectivity index (χ0n) is 11.6. The van der Waals surface area contributed by atoms with Gasteiger partial charge in [0, 0.05) is 18.7 Å². The molecule has 2 rings (SSSR count). The predicted octanol–water partition coefficient (Wildman–Crippen LogP) is 2.47. The number of nitrogens with one attached hydrogen (secondary N) is 1. The Morgan fingerprint density at radius 1 is 1.47 bits per heavy atom. The Kier molecular flexibility index (Phi) is 6.38. The molecule has 1 amide bonds. The third-order valence-corrected chi connectivity index (χ3v) is 3.64. The van der Waals surface area contributed by atoms with E-state index >= 15 is 0 Å². The summed E-state index contributed by atoms with van der Waals surface area (Å²) in [4.78, 5) is 14.1. The molecule has 1 fully saturated rings. The molecule has 1 saturated heterocycles. The fourth-order valence-electron chi connectivity index (χ4n) is 2.42. The van der Waals surface area contributed by atoms with Crippen molar-refractivity contribution < 1.29 is 9.21 Å². The number of halogens is 1. The summed E-state index contributed by atoms with van der Waals surface area (Å²) in [5.41, 5.74) is 0.926. The first kappa shape index (κ1) is 16.1. The number of amides is 1. The maximum atomic E-state index is 12.2. The molecule has 0 spiro atoms. The van der Waals surface area contributed by atoms with Gasteiger partial charge in [0.1, 0.15) is 0 Å². The van der Waals surface area contributed by atoms with E-state index in [0.29, 0.717) is 11.7 Å². The average molecular weight is 287 g/mol. The molecule has 108 valence electrons. The van der Waals surface area contributed by atoms with Crippen molar-refractivity contribution in [2.75, 3.05) is 26.2 Å². The number of piperidine rings is 1. The second-order valence-corrected chi connectivity index (χ2v) is 4.98. The van der Waals surface area contributed by atoms with Crippen LogP contribution in [-0.4, -0.2) is 37.0 Å². The molecule has 1 aromatic heterocycles. The van der Waals surface area contributed by atoms with Gasteiger partial charge < -0.3 is 14.6 Å². The summed E-state index contributed by atoms with van der Waals surface area (Å²) in [5, 5.41) is 3.38. The zero-order chi connectivity index (χ0) is 13.0. The SMILES string of the molecule is CCNCC1CCN(C(=O)c2occc2C)CC1.Cl. The summed E-state index contributed by atoms with van der Waals surface area (Å²) in [6, 6.07) is 1.84. The van der Waals surface area contributed by atoms with Crippen molar-refractivity contribution in [3.05, 3.63) is 23.7 Å². The lowest BCUT2D eigenvalue weighted by molar-refractivity contribution is 0.0657. The molecule has 2 heterocycles. The Bertz CT molecular complexity index is 398. The van der Waals surface area contributed by atoms with Gasteiger partial charge in [0.05, 0.1) is 6.26 Å². The van der Waals surface area contributed by atoms with Crippen LogP contribution in [0.25, 0.3) is 0 Å². The molecule has 0 atom stereocenters. The maximum absolute atomic E-state index is 12.2. The number of hydrogen-bond acceptors (Lipinski definition) is 3. The van der Waals surface area contributed by atoms with E-state index in [0.717, 1.165) is 44.6 Å². The van der Waals surface area contributed by atoms with Gasteiger partial charge in [0.25, 0.3) is 5.91 Å². The van der Waals surface area contributed by atoms with Crippen LogP contribution in [0.3, 0.4) is 0 Å². The summed E-state index contributed by atoms with van der Waals surface area (Å²) in [5.74, 6) is 1.24. The number of aryl methyl sites for hydroxylation is 1. The van der Waals surface area contributed by atoms with Gasteiger partial charge in [-0.3, -0.25) is 4.79 Å². The van der Waals surface area contributed by atoms with Crippen molar-refractivity contribution in [1.29, 1.82) is 0 Å². The molecule has 0 unspecified atom stereocenters. The number of carbonyl (C=O) groups excluding carboxylic acids is 1. The first-order chi connectivity index (χ1) is 8.72. The molecule has 1 aromatic rings. The molecule has 0 bridgehead atoms. The van der Waals surface area contributed by atoms with Gasteiger partial charge >= 0.3 is 0 Å². The van der Waals surface area contributed by atoms with E-state index in [1.54, 1.807) is 6.26 Å². The Morgan fingerprint density at radius 3 is 2.68 bits per heavy atom. The minimum absolute atomic E-state index is 0. The van der Waals surface area contributed by atoms with E-state index in [2.05, 4.69) is 12.2 Å². The van der Waals surface area contributed by atoms with E-state index in [1.165, 1.54) is 0 Å². The third-order valence-electron chi connectivity index (χ3n) is 3.64. The van der Waals surface area contributed by atoms with Crippen LogP contribution >= 0.6 is 12.4 Å². The first-order valence-corrected chi connectivity index (χ1v) is 6.76. The summed E-state index contributed by atoms with van der Waals surface area (Å²) in [7, 11) is 0. The van der Waals surface area contributed by atoms with Crippen LogP contribution in [-0.2, 0) is 0 Å². The number of furan rings is 1. The minimum Gasteiger partial charge on any atom is -0.459 e. The van der Waals surface area contributed by atoms with Gasteiger partial charge in [-0.1, -0.05) is 6.92 Å². The summed E-state index contributed by atoms with van der Waals surface area (Å²) in [6.45, 7) is 7.81. The lowest BCUT2D eigenvalue weighted by atomic mass is 9.96. The van der Waals surface area contributed by atoms with Crippen LogP contribution in [0.1, 0.15) is 35.9 Å². The summed E-state index contributed by atoms with van der Waals surface area (Å²) < 4.78 is 5.27. The summed E-state index contributed by atoms with van der Waals surface area (Å²) >= 11 is 0. The molecule has 5 heteroatoms. The Labute approximate surface area is 120 Å². The van der Waals surface area contributed by atoms with Crippen molar-refractivity contribution in [3.63, 3.8) is 0 Å². The van der Waals surface area contributed by atoms with Crippen LogP contribution in [0, 0.1) is 12.8 Å². The van der Waals surface area contributed by atoms with Gasteiger partial charge in [0.2, 0.25) is 0 Å². The quantitative estimate of drug-likeness (QED) is 0.925. The van der Waals surface area contributed by atoms with Gasteiger partial charge in [-0.15, -0.1) is 12.4 Å². The Balaban J connectivity index is 0.00000180. The molecule has 1 aliphatic rings. The largest absolute Gasteiger partial charge is 0.459 e. The molecule has 0 radical (unpaired) electrons. The number of hydrogen-bond donors (Lipinski definition) is 1. The molecule has 4 nitrogen and oxygen atoms in total. The first-order valence-electron chi connectivity index (χ1n) is 6.76. The molecule has 0 saturated carbocycles. The molecule has 19 heavy (non-hydrogen) atoms. The number of rotatable bonds is 4. The van der Waals surface area contributed by atoms with Gasteiger partial charge in [-0.25, -0.2) is 0 Å². The second-order valence-electron chi connectivity index (χ2n) is 4.98. The highest BCUT2D eigenvalue weighted by atomic mass is 35.5. The molecular formula is C14H23ClN2O2. The summed E-state index contributed by atoms with van der Waals surface area (Å²) in [6.07, 6.45) is 3.75. The fourth-order valence-corrected chi connectivity index (χ4v) is 2.42. The van der Waals surface area contributed by atoms with E-state index < -0.39 is 0 Å². The van der Waals surface area contributed by atoms with Crippen LogP contribution in [0.4, 0.5) is 0 Å². The van der Waals surface area contributed by atoms with Crippen molar-refractivity contribution in [2.24, 2.45) is 5.92 Å². The van der Waals surface area contributed by atoms with Gasteiger partial charge in [0.15, 0.2) is 5.76 Å². The minimum atomic E-state index is 0. The normalized spacial score (nSPS) is 16.2.